The maximum atomic E-state index is 12.6. The van der Waals surface area contributed by atoms with Gasteiger partial charge >= 0.3 is 5.91 Å². The molecular weight excluding hydrogens is 410 g/mol. The zero-order valence-electron chi connectivity index (χ0n) is 15.6. The lowest BCUT2D eigenvalue weighted by Gasteiger charge is -2.15. The summed E-state index contributed by atoms with van der Waals surface area (Å²) in [5.74, 6) is 0.218. The molecule has 2 heterocycles. The van der Waals surface area contributed by atoms with Crippen molar-refractivity contribution in [1.29, 1.82) is 0 Å². The largest absolute Gasteiger partial charge is 0.619 e. The van der Waals surface area contributed by atoms with Gasteiger partial charge in [-0.05, 0) is 41.5 Å². The summed E-state index contributed by atoms with van der Waals surface area (Å²) in [7, 11) is 1.60. The third-order valence-electron chi connectivity index (χ3n) is 4.67. The van der Waals surface area contributed by atoms with Crippen LogP contribution in [0.25, 0.3) is 10.9 Å². The van der Waals surface area contributed by atoms with Crippen molar-refractivity contribution in [1.82, 2.24) is 9.55 Å². The first kappa shape index (κ1) is 19.6. The van der Waals surface area contributed by atoms with Crippen LogP contribution in [0.2, 0.25) is 5.02 Å². The lowest BCUT2D eigenvalue weighted by atomic mass is 10.1. The number of carbonyl (C=O) groups is 1. The first-order valence-electron chi connectivity index (χ1n) is 8.92. The highest BCUT2D eigenvalue weighted by Gasteiger charge is 2.20. The van der Waals surface area contributed by atoms with Crippen molar-refractivity contribution < 1.29 is 14.6 Å². The van der Waals surface area contributed by atoms with Gasteiger partial charge in [0.15, 0.2) is 0 Å². The summed E-state index contributed by atoms with van der Waals surface area (Å²) in [6.45, 7) is 0.620. The summed E-state index contributed by atoms with van der Waals surface area (Å²) >= 11 is 7.15. The van der Waals surface area contributed by atoms with Crippen LogP contribution in [0.3, 0.4) is 0 Å². The van der Waals surface area contributed by atoms with Crippen LogP contribution in [0, 0.1) is 5.21 Å². The monoisotopic (exact) mass is 427 g/mol. The second-order valence-corrected chi connectivity index (χ2v) is 7.89. The highest BCUT2D eigenvalue weighted by Crippen LogP contribution is 2.27. The van der Waals surface area contributed by atoms with Crippen LogP contribution in [0.1, 0.15) is 11.1 Å². The molecule has 1 atom stereocenters. The van der Waals surface area contributed by atoms with Gasteiger partial charge in [-0.1, -0.05) is 35.1 Å². The number of carbonyl (C=O) groups excluding carboxylic acids is 1. The number of nitrogens with one attached hydrogen (secondary N) is 1. The number of aromatic nitrogens is 2. The fraction of sp³-hybridized carbons (Fsp3) is 0.143. The Morgan fingerprint density at radius 3 is 2.76 bits per heavy atom. The summed E-state index contributed by atoms with van der Waals surface area (Å²) in [4.78, 5) is 16.5. The maximum Gasteiger partial charge on any atom is 0.323 e. The first-order valence-corrected chi connectivity index (χ1v) is 10.2. The predicted molar refractivity (Wildman–Crippen MR) is 114 cm³/mol. The van der Waals surface area contributed by atoms with E-state index in [-0.39, 0.29) is 11.6 Å². The Balaban J connectivity index is 1.68. The molecule has 1 N–H and O–H groups in total. The van der Waals surface area contributed by atoms with E-state index in [0.29, 0.717) is 17.3 Å². The van der Waals surface area contributed by atoms with Crippen molar-refractivity contribution >= 4 is 44.9 Å². The fourth-order valence-electron chi connectivity index (χ4n) is 3.24. The van der Waals surface area contributed by atoms with Gasteiger partial charge in [0.25, 0.3) is 5.13 Å². The van der Waals surface area contributed by atoms with Crippen LogP contribution >= 0.6 is 22.9 Å². The van der Waals surface area contributed by atoms with Crippen molar-refractivity contribution in [2.75, 3.05) is 7.11 Å². The van der Waals surface area contributed by atoms with Crippen LogP contribution in [0.5, 0.6) is 5.75 Å². The Morgan fingerprint density at radius 1 is 1.28 bits per heavy atom. The number of thiazole rings is 1. The molecule has 0 saturated carbocycles. The molecule has 0 aliphatic carbocycles. The molecule has 2 aromatic carbocycles. The third-order valence-corrected chi connectivity index (χ3v) is 5.69. The molecule has 148 valence electrons. The van der Waals surface area contributed by atoms with E-state index in [2.05, 4.69) is 9.55 Å². The molecule has 0 aliphatic heterocycles. The second-order valence-electron chi connectivity index (χ2n) is 6.56. The van der Waals surface area contributed by atoms with E-state index in [4.69, 9.17) is 16.3 Å². The summed E-state index contributed by atoms with van der Waals surface area (Å²) in [5.41, 5.74) is 2.83. The zero-order chi connectivity index (χ0) is 20.4. The number of methoxy groups -OCH3 is 1. The summed E-state index contributed by atoms with van der Waals surface area (Å²) in [6.07, 6.45) is 3.45. The Labute approximate surface area is 176 Å². The standard InChI is InChI=1S/C21H18ClN3O3S/c1-28-17-6-7-19-18(11-17)15(10-20(26)25(27)21-23-8-9-29-21)13-24(19)12-14-2-4-16(22)5-3-14/h2-9,11,13,25H,10,12H2,1H3. The molecule has 2 aromatic heterocycles. The fourth-order valence-corrected chi connectivity index (χ4v) is 3.96. The molecule has 4 aromatic rings. The number of halogens is 1. The van der Waals surface area contributed by atoms with E-state index in [1.165, 1.54) is 17.5 Å². The van der Waals surface area contributed by atoms with Crippen LogP contribution < -0.4 is 9.80 Å². The second kappa shape index (κ2) is 8.34. The molecule has 8 heteroatoms. The van der Waals surface area contributed by atoms with Crippen LogP contribution in [0.4, 0.5) is 5.13 Å². The van der Waals surface area contributed by atoms with Gasteiger partial charge in [-0.25, -0.2) is 4.79 Å². The minimum atomic E-state index is -0.554. The molecule has 1 amide bonds. The number of hydrogen-bond acceptors (Lipinski definition) is 5. The van der Waals surface area contributed by atoms with Crippen molar-refractivity contribution in [2.45, 2.75) is 13.0 Å². The number of quaternary nitrogens is 1. The molecule has 6 nitrogen and oxygen atoms in total. The summed E-state index contributed by atoms with van der Waals surface area (Å²) in [5, 5.41) is 15.3. The number of amides is 1. The molecule has 0 aliphatic rings. The van der Waals surface area contributed by atoms with E-state index < -0.39 is 11.0 Å². The summed E-state index contributed by atoms with van der Waals surface area (Å²) in [6, 6.07) is 13.4. The van der Waals surface area contributed by atoms with E-state index in [1.54, 1.807) is 12.5 Å². The lowest BCUT2D eigenvalue weighted by molar-refractivity contribution is -0.688. The Hall–Kier alpha value is -2.71. The average molecular weight is 428 g/mol. The van der Waals surface area contributed by atoms with Gasteiger partial charge in [-0.2, -0.15) is 4.98 Å². The SMILES string of the molecule is COc1ccc2c(c1)c(CC(=O)[NH+]([O-])c1nccs1)cn2Cc1ccc(Cl)cc1. The van der Waals surface area contributed by atoms with Crippen molar-refractivity contribution in [3.63, 3.8) is 0 Å². The topological polar surface area (TPSA) is 71.6 Å². The van der Waals surface area contributed by atoms with E-state index >= 15 is 0 Å². The maximum absolute atomic E-state index is 12.6. The Morgan fingerprint density at radius 2 is 2.07 bits per heavy atom. The average Bonchev–Trinajstić information content (AvgIpc) is 3.38. The number of hydrogen-bond donors (Lipinski definition) is 1. The Bertz CT molecular complexity index is 1140. The van der Waals surface area contributed by atoms with Gasteiger partial charge in [0.1, 0.15) is 5.75 Å². The number of fused-ring (bicyclic) bond motifs is 1. The van der Waals surface area contributed by atoms with Crippen molar-refractivity contribution in [2.24, 2.45) is 0 Å². The predicted octanol–water partition coefficient (Wildman–Crippen LogP) is 3.59. The molecule has 29 heavy (non-hydrogen) atoms. The lowest BCUT2D eigenvalue weighted by Crippen LogP contribution is -3.05. The number of rotatable bonds is 6. The number of ether oxygens (including phenoxy) is 1. The zero-order valence-corrected chi connectivity index (χ0v) is 17.2. The van der Waals surface area contributed by atoms with Gasteiger partial charge in [0.2, 0.25) is 0 Å². The van der Waals surface area contributed by atoms with E-state index in [0.717, 1.165) is 22.0 Å². The minimum Gasteiger partial charge on any atom is -0.619 e. The van der Waals surface area contributed by atoms with Crippen LogP contribution in [-0.4, -0.2) is 22.6 Å². The quantitative estimate of drug-likeness (QED) is 0.477. The van der Waals surface area contributed by atoms with Gasteiger partial charge in [0, 0.05) is 40.2 Å². The normalized spacial score (nSPS) is 12.2. The molecule has 4 rings (SSSR count). The van der Waals surface area contributed by atoms with E-state index in [1.807, 2.05) is 48.7 Å². The smallest absolute Gasteiger partial charge is 0.323 e. The first-order chi connectivity index (χ1) is 14.0. The van der Waals surface area contributed by atoms with Gasteiger partial charge in [0.05, 0.1) is 13.5 Å². The molecule has 1 unspecified atom stereocenters. The van der Waals surface area contributed by atoms with Gasteiger partial charge in [-0.15, -0.1) is 0 Å². The molecule has 0 radical (unpaired) electrons. The van der Waals surface area contributed by atoms with Gasteiger partial charge < -0.3 is 14.5 Å². The van der Waals surface area contributed by atoms with Crippen molar-refractivity contribution in [3.8, 4) is 5.75 Å². The number of nitrogens with zero attached hydrogens (tertiary/aromatic N) is 2. The third kappa shape index (κ3) is 4.18. The highest BCUT2D eigenvalue weighted by atomic mass is 35.5. The highest BCUT2D eigenvalue weighted by molar-refractivity contribution is 7.12. The molecular formula is C21H18ClN3O3S. The van der Waals surface area contributed by atoms with Gasteiger partial charge in [-0.3, -0.25) is 5.06 Å². The molecule has 0 fully saturated rings. The number of hydroxylamine groups is 1. The van der Waals surface area contributed by atoms with Crippen LogP contribution in [0.15, 0.2) is 60.2 Å². The molecule has 0 spiro atoms. The minimum absolute atomic E-state index is 0.00962. The molecule has 0 saturated heterocycles. The number of benzene rings is 2. The van der Waals surface area contributed by atoms with Crippen molar-refractivity contribution in [3.05, 3.63) is 81.6 Å². The van der Waals surface area contributed by atoms with E-state index in [9.17, 15) is 10.0 Å². The molecule has 0 bridgehead atoms. The van der Waals surface area contributed by atoms with Crippen LogP contribution in [-0.2, 0) is 17.8 Å². The summed E-state index contributed by atoms with van der Waals surface area (Å²) < 4.78 is 7.41. The Kier molecular flexibility index (Phi) is 5.64.